The van der Waals surface area contributed by atoms with Crippen molar-refractivity contribution < 1.29 is 13.2 Å². The van der Waals surface area contributed by atoms with Crippen LogP contribution in [0.15, 0.2) is 27.6 Å². The highest BCUT2D eigenvalue weighted by atomic mass is 79.9. The van der Waals surface area contributed by atoms with Crippen LogP contribution in [0.1, 0.15) is 18.4 Å². The van der Waals surface area contributed by atoms with Crippen LogP contribution in [0, 0.1) is 6.92 Å². The molecule has 0 unspecified atom stereocenters. The first-order valence-corrected chi connectivity index (χ1v) is 8.00. The van der Waals surface area contributed by atoms with E-state index in [-0.39, 0.29) is 0 Å². The molecule has 0 saturated heterocycles. The van der Waals surface area contributed by atoms with Gasteiger partial charge in [-0.2, -0.15) is 0 Å². The van der Waals surface area contributed by atoms with Crippen molar-refractivity contribution in [1.82, 2.24) is 4.72 Å². The number of hydrogen-bond acceptors (Lipinski definition) is 3. The van der Waals surface area contributed by atoms with Gasteiger partial charge in [-0.3, -0.25) is 0 Å². The molecule has 1 aromatic rings. The fourth-order valence-electron chi connectivity index (χ4n) is 1.52. The van der Waals surface area contributed by atoms with E-state index in [0.717, 1.165) is 22.9 Å². The molecule has 0 fully saturated rings. The Bertz CT molecular complexity index is 488. The van der Waals surface area contributed by atoms with Crippen LogP contribution in [0.3, 0.4) is 0 Å². The first kappa shape index (κ1) is 15.6. The van der Waals surface area contributed by atoms with Crippen LogP contribution in [0.5, 0.6) is 0 Å². The van der Waals surface area contributed by atoms with Crippen molar-refractivity contribution in [3.05, 3.63) is 28.2 Å². The van der Waals surface area contributed by atoms with Gasteiger partial charge < -0.3 is 4.74 Å². The molecule has 0 aliphatic carbocycles. The van der Waals surface area contributed by atoms with E-state index in [4.69, 9.17) is 4.74 Å². The standard InChI is InChI=1S/C12H18BrNO3S/c1-10-5-6-11(13)9-12(10)18(15,16)14-7-3-4-8-17-2/h5-6,9,14H,3-4,7-8H2,1-2H3. The molecule has 0 radical (unpaired) electrons. The number of nitrogens with one attached hydrogen (secondary N) is 1. The van der Waals surface area contributed by atoms with Crippen molar-refractivity contribution in [3.8, 4) is 0 Å². The second kappa shape index (κ2) is 7.23. The van der Waals surface area contributed by atoms with Gasteiger partial charge >= 0.3 is 0 Å². The van der Waals surface area contributed by atoms with Gasteiger partial charge in [-0.1, -0.05) is 22.0 Å². The number of sulfonamides is 1. The third-order valence-electron chi connectivity index (χ3n) is 2.51. The number of aryl methyl sites for hydroxylation is 1. The van der Waals surface area contributed by atoms with E-state index < -0.39 is 10.0 Å². The zero-order valence-electron chi connectivity index (χ0n) is 10.6. The van der Waals surface area contributed by atoms with Gasteiger partial charge in [0, 0.05) is 24.7 Å². The molecule has 18 heavy (non-hydrogen) atoms. The van der Waals surface area contributed by atoms with E-state index in [1.165, 1.54) is 0 Å². The highest BCUT2D eigenvalue weighted by Gasteiger charge is 2.16. The molecule has 1 rings (SSSR count). The van der Waals surface area contributed by atoms with E-state index in [1.54, 1.807) is 26.2 Å². The summed E-state index contributed by atoms with van der Waals surface area (Å²) in [6.07, 6.45) is 1.61. The van der Waals surface area contributed by atoms with Crippen LogP contribution in [0.25, 0.3) is 0 Å². The molecule has 1 N–H and O–H groups in total. The predicted molar refractivity (Wildman–Crippen MR) is 75.2 cm³/mol. The highest BCUT2D eigenvalue weighted by molar-refractivity contribution is 9.10. The van der Waals surface area contributed by atoms with Crippen LogP contribution < -0.4 is 4.72 Å². The average Bonchev–Trinajstić information content (AvgIpc) is 2.32. The van der Waals surface area contributed by atoms with Gasteiger partial charge in [0.05, 0.1) is 4.90 Å². The smallest absolute Gasteiger partial charge is 0.240 e. The number of rotatable bonds is 7. The summed E-state index contributed by atoms with van der Waals surface area (Å²) in [5.41, 5.74) is 0.739. The zero-order chi connectivity index (χ0) is 13.6. The van der Waals surface area contributed by atoms with Crippen LogP contribution in [0.4, 0.5) is 0 Å². The molecule has 1 aromatic carbocycles. The Hall–Kier alpha value is -0.430. The Morgan fingerprint density at radius 3 is 2.72 bits per heavy atom. The minimum Gasteiger partial charge on any atom is -0.385 e. The third-order valence-corrected chi connectivity index (χ3v) is 4.60. The number of halogens is 1. The Balaban J connectivity index is 2.66. The SMILES string of the molecule is COCCCCNS(=O)(=O)c1cc(Br)ccc1C. The first-order valence-electron chi connectivity index (χ1n) is 5.72. The predicted octanol–water partition coefficient (Wildman–Crippen LogP) is 2.46. The summed E-state index contributed by atoms with van der Waals surface area (Å²) >= 11 is 3.28. The third kappa shape index (κ3) is 4.68. The fraction of sp³-hybridized carbons (Fsp3) is 0.500. The number of benzene rings is 1. The van der Waals surface area contributed by atoms with Crippen molar-refractivity contribution in [3.63, 3.8) is 0 Å². The second-order valence-corrected chi connectivity index (χ2v) is 6.66. The first-order chi connectivity index (χ1) is 8.47. The Kier molecular flexibility index (Phi) is 6.28. The molecule has 0 heterocycles. The molecule has 0 atom stereocenters. The minimum absolute atomic E-state index is 0.323. The number of ether oxygens (including phenoxy) is 1. The average molecular weight is 336 g/mol. The van der Waals surface area contributed by atoms with Gasteiger partial charge in [-0.25, -0.2) is 13.1 Å². The number of methoxy groups -OCH3 is 1. The largest absolute Gasteiger partial charge is 0.385 e. The summed E-state index contributed by atoms with van der Waals surface area (Å²) < 4.78 is 32.4. The molecule has 0 aliphatic heterocycles. The Labute approximate surface area is 117 Å². The minimum atomic E-state index is -3.42. The molecule has 0 spiro atoms. The molecule has 0 bridgehead atoms. The maximum atomic E-state index is 12.1. The summed E-state index contributed by atoms with van der Waals surface area (Å²) in [5.74, 6) is 0. The van der Waals surface area contributed by atoms with Gasteiger partial charge in [0.15, 0.2) is 0 Å². The van der Waals surface area contributed by atoms with Crippen LogP contribution >= 0.6 is 15.9 Å². The molecule has 0 aromatic heterocycles. The summed E-state index contributed by atoms with van der Waals surface area (Å²) in [5, 5.41) is 0. The van der Waals surface area contributed by atoms with E-state index in [2.05, 4.69) is 20.7 Å². The second-order valence-electron chi connectivity index (χ2n) is 4.01. The number of hydrogen-bond donors (Lipinski definition) is 1. The molecule has 0 saturated carbocycles. The van der Waals surface area contributed by atoms with E-state index in [0.29, 0.717) is 18.0 Å². The molecule has 4 nitrogen and oxygen atoms in total. The molecular weight excluding hydrogens is 318 g/mol. The summed E-state index contributed by atoms with van der Waals surface area (Å²) in [6, 6.07) is 5.23. The van der Waals surface area contributed by atoms with Crippen molar-refractivity contribution in [2.45, 2.75) is 24.7 Å². The maximum Gasteiger partial charge on any atom is 0.240 e. The lowest BCUT2D eigenvalue weighted by molar-refractivity contribution is 0.193. The lowest BCUT2D eigenvalue weighted by Crippen LogP contribution is -2.25. The van der Waals surface area contributed by atoms with Gasteiger partial charge in [0.25, 0.3) is 0 Å². The summed E-state index contributed by atoms with van der Waals surface area (Å²) in [6.45, 7) is 2.86. The van der Waals surface area contributed by atoms with E-state index in [1.807, 2.05) is 6.07 Å². The zero-order valence-corrected chi connectivity index (χ0v) is 13.0. The lowest BCUT2D eigenvalue weighted by Gasteiger charge is -2.09. The quantitative estimate of drug-likeness (QED) is 0.778. The summed E-state index contributed by atoms with van der Waals surface area (Å²) in [7, 11) is -1.79. The van der Waals surface area contributed by atoms with Gasteiger partial charge in [0.2, 0.25) is 10.0 Å². The van der Waals surface area contributed by atoms with Crippen molar-refractivity contribution in [2.24, 2.45) is 0 Å². The topological polar surface area (TPSA) is 55.4 Å². The Morgan fingerprint density at radius 1 is 1.33 bits per heavy atom. The molecule has 0 amide bonds. The maximum absolute atomic E-state index is 12.1. The van der Waals surface area contributed by atoms with E-state index in [9.17, 15) is 8.42 Å². The fourth-order valence-corrected chi connectivity index (χ4v) is 3.37. The lowest BCUT2D eigenvalue weighted by atomic mass is 10.2. The van der Waals surface area contributed by atoms with Gasteiger partial charge in [0.1, 0.15) is 0 Å². The van der Waals surface area contributed by atoms with Crippen LogP contribution in [-0.4, -0.2) is 28.7 Å². The summed E-state index contributed by atoms with van der Waals surface area (Å²) in [4.78, 5) is 0.323. The monoisotopic (exact) mass is 335 g/mol. The molecule has 102 valence electrons. The van der Waals surface area contributed by atoms with Crippen molar-refractivity contribution >= 4 is 26.0 Å². The van der Waals surface area contributed by atoms with E-state index >= 15 is 0 Å². The normalized spacial score (nSPS) is 11.7. The Morgan fingerprint density at radius 2 is 2.06 bits per heavy atom. The molecular formula is C12H18BrNO3S. The van der Waals surface area contributed by atoms with Gasteiger partial charge in [-0.15, -0.1) is 0 Å². The number of unbranched alkanes of at least 4 members (excludes halogenated alkanes) is 1. The highest BCUT2D eigenvalue weighted by Crippen LogP contribution is 2.20. The molecule has 0 aliphatic rings. The van der Waals surface area contributed by atoms with Crippen molar-refractivity contribution in [1.29, 1.82) is 0 Å². The van der Waals surface area contributed by atoms with Crippen molar-refractivity contribution in [2.75, 3.05) is 20.3 Å². The van der Waals surface area contributed by atoms with Crippen LogP contribution in [-0.2, 0) is 14.8 Å². The van der Waals surface area contributed by atoms with Crippen LogP contribution in [0.2, 0.25) is 0 Å². The van der Waals surface area contributed by atoms with Gasteiger partial charge in [-0.05, 0) is 37.5 Å². The molecule has 6 heteroatoms.